The number of benzene rings is 1. The van der Waals surface area contributed by atoms with Crippen LogP contribution in [0.2, 0.25) is 0 Å². The van der Waals surface area contributed by atoms with Crippen LogP contribution in [0.1, 0.15) is 41.6 Å². The van der Waals surface area contributed by atoms with Gasteiger partial charge in [0, 0.05) is 31.1 Å². The van der Waals surface area contributed by atoms with Gasteiger partial charge in [-0.1, -0.05) is 30.7 Å². The Morgan fingerprint density at radius 1 is 1.32 bits per heavy atom. The molecule has 3 nitrogen and oxygen atoms in total. The van der Waals surface area contributed by atoms with Crippen LogP contribution in [0.3, 0.4) is 0 Å². The number of aliphatic hydroxyl groups is 1. The van der Waals surface area contributed by atoms with Crippen molar-refractivity contribution in [1.82, 2.24) is 4.90 Å². The molecule has 1 saturated carbocycles. The fourth-order valence-electron chi connectivity index (χ4n) is 2.62. The summed E-state index contributed by atoms with van der Waals surface area (Å²) in [6.07, 6.45) is 4.23. The Hall–Kier alpha value is -1.19. The molecule has 0 unspecified atom stereocenters. The second kappa shape index (κ2) is 6.83. The Kier molecular flexibility index (Phi) is 5.11. The summed E-state index contributed by atoms with van der Waals surface area (Å²) >= 11 is 0. The minimum atomic E-state index is 0.176. The van der Waals surface area contributed by atoms with E-state index in [1.54, 1.807) is 0 Å². The molecule has 0 spiro atoms. The molecule has 19 heavy (non-hydrogen) atoms. The molecule has 3 heteroatoms. The van der Waals surface area contributed by atoms with E-state index in [0.717, 1.165) is 17.7 Å². The van der Waals surface area contributed by atoms with Gasteiger partial charge in [-0.25, -0.2) is 0 Å². The summed E-state index contributed by atoms with van der Waals surface area (Å²) in [5.41, 5.74) is 1.88. The smallest absolute Gasteiger partial charge is 0.164 e. The van der Waals surface area contributed by atoms with Crippen LogP contribution in [0.4, 0.5) is 0 Å². The first-order valence-electron chi connectivity index (χ1n) is 7.16. The minimum absolute atomic E-state index is 0.176. The Morgan fingerprint density at radius 3 is 2.63 bits per heavy atom. The lowest BCUT2D eigenvalue weighted by atomic mass is 9.91. The normalized spacial score (nSPS) is 15.5. The number of carbonyl (C=O) groups is 1. The van der Waals surface area contributed by atoms with E-state index in [9.17, 15) is 4.79 Å². The average molecular weight is 261 g/mol. The van der Waals surface area contributed by atoms with Crippen LogP contribution in [0.5, 0.6) is 0 Å². The third kappa shape index (κ3) is 3.64. The van der Waals surface area contributed by atoms with Crippen molar-refractivity contribution in [1.29, 1.82) is 0 Å². The molecule has 1 fully saturated rings. The van der Waals surface area contributed by atoms with Gasteiger partial charge < -0.3 is 5.11 Å². The zero-order chi connectivity index (χ0) is 13.7. The van der Waals surface area contributed by atoms with Crippen molar-refractivity contribution in [2.24, 2.45) is 0 Å². The number of ketones is 1. The zero-order valence-corrected chi connectivity index (χ0v) is 11.6. The summed E-state index contributed by atoms with van der Waals surface area (Å²) in [6.45, 7) is 3.60. The number of Topliss-reactive ketones (excluding diaryl/α,β-unsaturated/α-hetero) is 1. The van der Waals surface area contributed by atoms with Crippen LogP contribution in [0.15, 0.2) is 24.3 Å². The van der Waals surface area contributed by atoms with Crippen LogP contribution >= 0.6 is 0 Å². The molecular formula is C16H23NO2. The van der Waals surface area contributed by atoms with E-state index in [1.807, 2.05) is 31.2 Å². The molecule has 104 valence electrons. The van der Waals surface area contributed by atoms with Gasteiger partial charge in [-0.2, -0.15) is 0 Å². The van der Waals surface area contributed by atoms with Crippen molar-refractivity contribution in [2.45, 2.75) is 38.6 Å². The largest absolute Gasteiger partial charge is 0.395 e. The summed E-state index contributed by atoms with van der Waals surface area (Å²) in [4.78, 5) is 14.5. The lowest BCUT2D eigenvalue weighted by Gasteiger charge is -2.37. The molecule has 0 radical (unpaired) electrons. The number of rotatable bonds is 7. The summed E-state index contributed by atoms with van der Waals surface area (Å²) in [6, 6.07) is 8.33. The Balaban J connectivity index is 1.89. The number of aliphatic hydroxyl groups excluding tert-OH is 1. The maximum Gasteiger partial charge on any atom is 0.164 e. The van der Waals surface area contributed by atoms with Crippen LogP contribution in [0, 0.1) is 6.92 Å². The number of hydrogen-bond donors (Lipinski definition) is 1. The monoisotopic (exact) mass is 261 g/mol. The van der Waals surface area contributed by atoms with Crippen molar-refractivity contribution >= 4 is 5.78 Å². The quantitative estimate of drug-likeness (QED) is 0.766. The van der Waals surface area contributed by atoms with E-state index in [2.05, 4.69) is 4.90 Å². The zero-order valence-electron chi connectivity index (χ0n) is 11.6. The molecule has 0 saturated heterocycles. The molecule has 0 atom stereocenters. The van der Waals surface area contributed by atoms with Gasteiger partial charge in [0.25, 0.3) is 0 Å². The Labute approximate surface area is 115 Å². The fourth-order valence-corrected chi connectivity index (χ4v) is 2.62. The highest BCUT2D eigenvalue weighted by Gasteiger charge is 2.24. The first kappa shape index (κ1) is 14.2. The molecule has 2 rings (SSSR count). The van der Waals surface area contributed by atoms with Crippen molar-refractivity contribution in [3.63, 3.8) is 0 Å². The standard InChI is InChI=1S/C16H23NO2/c1-13-5-2-3-8-15(13)16(19)9-10-17(11-12-18)14-6-4-7-14/h2-3,5,8,14,18H,4,6-7,9-12H2,1H3. The van der Waals surface area contributed by atoms with Gasteiger partial charge in [-0.05, 0) is 25.3 Å². The maximum atomic E-state index is 12.2. The molecule has 1 aromatic carbocycles. The lowest BCUT2D eigenvalue weighted by molar-refractivity contribution is 0.0840. The molecule has 1 aliphatic carbocycles. The first-order chi connectivity index (χ1) is 9.22. The molecule has 0 heterocycles. The topological polar surface area (TPSA) is 40.5 Å². The predicted molar refractivity (Wildman–Crippen MR) is 76.4 cm³/mol. The van der Waals surface area contributed by atoms with Crippen molar-refractivity contribution in [3.05, 3.63) is 35.4 Å². The number of nitrogens with zero attached hydrogens (tertiary/aromatic N) is 1. The van der Waals surface area contributed by atoms with Crippen molar-refractivity contribution in [3.8, 4) is 0 Å². The highest BCUT2D eigenvalue weighted by molar-refractivity contribution is 5.97. The van der Waals surface area contributed by atoms with Crippen LogP contribution in [-0.4, -0.2) is 41.5 Å². The van der Waals surface area contributed by atoms with Crippen LogP contribution in [0.25, 0.3) is 0 Å². The number of hydrogen-bond acceptors (Lipinski definition) is 3. The highest BCUT2D eigenvalue weighted by Crippen LogP contribution is 2.24. The van der Waals surface area contributed by atoms with Gasteiger partial charge >= 0.3 is 0 Å². The number of carbonyl (C=O) groups excluding carboxylic acids is 1. The molecule has 1 aliphatic rings. The van der Waals surface area contributed by atoms with E-state index in [1.165, 1.54) is 19.3 Å². The van der Waals surface area contributed by atoms with Gasteiger partial charge in [0.2, 0.25) is 0 Å². The molecule has 0 amide bonds. The van der Waals surface area contributed by atoms with Gasteiger partial charge in [-0.15, -0.1) is 0 Å². The molecule has 1 N–H and O–H groups in total. The maximum absolute atomic E-state index is 12.2. The summed E-state index contributed by atoms with van der Waals surface area (Å²) < 4.78 is 0. The van der Waals surface area contributed by atoms with Crippen LogP contribution in [-0.2, 0) is 0 Å². The Morgan fingerprint density at radius 2 is 2.05 bits per heavy atom. The molecule has 0 aromatic heterocycles. The van der Waals surface area contributed by atoms with E-state index >= 15 is 0 Å². The van der Waals surface area contributed by atoms with Gasteiger partial charge in [0.15, 0.2) is 5.78 Å². The second-order valence-corrected chi connectivity index (χ2v) is 5.33. The summed E-state index contributed by atoms with van der Waals surface area (Å²) in [5, 5.41) is 9.10. The lowest BCUT2D eigenvalue weighted by Crippen LogP contribution is -2.42. The summed E-state index contributed by atoms with van der Waals surface area (Å²) in [7, 11) is 0. The second-order valence-electron chi connectivity index (χ2n) is 5.33. The van der Waals surface area contributed by atoms with Crippen LogP contribution < -0.4 is 0 Å². The van der Waals surface area contributed by atoms with Crippen molar-refractivity contribution in [2.75, 3.05) is 19.7 Å². The highest BCUT2D eigenvalue weighted by atomic mass is 16.3. The van der Waals surface area contributed by atoms with E-state index < -0.39 is 0 Å². The predicted octanol–water partition coefficient (Wildman–Crippen LogP) is 2.41. The van der Waals surface area contributed by atoms with E-state index in [-0.39, 0.29) is 12.4 Å². The van der Waals surface area contributed by atoms with Gasteiger partial charge in [-0.3, -0.25) is 9.69 Å². The van der Waals surface area contributed by atoms with Gasteiger partial charge in [0.1, 0.15) is 0 Å². The Bertz CT molecular complexity index is 427. The molecule has 0 bridgehead atoms. The fraction of sp³-hybridized carbons (Fsp3) is 0.562. The minimum Gasteiger partial charge on any atom is -0.395 e. The van der Waals surface area contributed by atoms with Crippen molar-refractivity contribution < 1.29 is 9.90 Å². The van der Waals surface area contributed by atoms with E-state index in [4.69, 9.17) is 5.11 Å². The third-order valence-electron chi connectivity index (χ3n) is 4.05. The van der Waals surface area contributed by atoms with Gasteiger partial charge in [0.05, 0.1) is 6.61 Å². The van der Waals surface area contributed by atoms with E-state index in [0.29, 0.717) is 19.0 Å². The SMILES string of the molecule is Cc1ccccc1C(=O)CCN(CCO)C1CCC1. The summed E-state index contributed by atoms with van der Waals surface area (Å²) in [5.74, 6) is 0.209. The number of aryl methyl sites for hydroxylation is 1. The molecular weight excluding hydrogens is 238 g/mol. The first-order valence-corrected chi connectivity index (χ1v) is 7.16. The molecule has 0 aliphatic heterocycles. The third-order valence-corrected chi connectivity index (χ3v) is 4.05. The average Bonchev–Trinajstić information content (AvgIpc) is 2.34. The molecule has 1 aromatic rings.